The summed E-state index contributed by atoms with van der Waals surface area (Å²) < 4.78 is 1.16. The molecule has 0 amide bonds. The second-order valence-electron chi connectivity index (χ2n) is 2.39. The van der Waals surface area contributed by atoms with Crippen molar-refractivity contribution in [3.8, 4) is 0 Å². The third-order valence-corrected chi connectivity index (χ3v) is 1.53. The van der Waals surface area contributed by atoms with Crippen LogP contribution in [0, 0.1) is 6.92 Å². The first-order chi connectivity index (χ1) is 4.74. The summed E-state index contributed by atoms with van der Waals surface area (Å²) in [7, 11) is 0. The Morgan fingerprint density at radius 1 is 1.55 bits per heavy atom. The summed E-state index contributed by atoms with van der Waals surface area (Å²) in [4.78, 5) is 0. The SMILES string of the molecule is CCc1cc(C)cc[n+]1O.[Cl-]. The van der Waals surface area contributed by atoms with Gasteiger partial charge in [-0.15, -0.1) is 0 Å². The van der Waals surface area contributed by atoms with Gasteiger partial charge in [0.2, 0.25) is 11.9 Å². The Bertz CT molecular complexity index is 238. The topological polar surface area (TPSA) is 24.1 Å². The van der Waals surface area contributed by atoms with E-state index in [2.05, 4.69) is 0 Å². The van der Waals surface area contributed by atoms with Crippen LogP contribution in [0.5, 0.6) is 0 Å². The lowest BCUT2D eigenvalue weighted by Gasteiger charge is -1.92. The Kier molecular flexibility index (Phi) is 3.90. The normalized spacial score (nSPS) is 8.91. The second kappa shape index (κ2) is 4.19. The number of aryl methyl sites for hydroxylation is 2. The number of rotatable bonds is 1. The molecule has 62 valence electrons. The average Bonchev–Trinajstić information content (AvgIpc) is 1.94. The summed E-state index contributed by atoms with van der Waals surface area (Å²) in [5.41, 5.74) is 2.13. The summed E-state index contributed by atoms with van der Waals surface area (Å²) in [6.45, 7) is 4.03. The van der Waals surface area contributed by atoms with Crippen molar-refractivity contribution in [3.05, 3.63) is 29.6 Å². The molecule has 0 fully saturated rings. The molecular formula is C8H12ClNO. The molecule has 0 saturated carbocycles. The highest BCUT2D eigenvalue weighted by Crippen LogP contribution is 1.97. The van der Waals surface area contributed by atoms with Gasteiger partial charge in [0.25, 0.3) is 0 Å². The number of hydrogen-bond acceptors (Lipinski definition) is 1. The number of hydrogen-bond donors (Lipinski definition) is 1. The van der Waals surface area contributed by atoms with Gasteiger partial charge in [0.05, 0.1) is 0 Å². The van der Waals surface area contributed by atoms with Gasteiger partial charge in [-0.3, -0.25) is 5.21 Å². The summed E-state index contributed by atoms with van der Waals surface area (Å²) in [5.74, 6) is 0. The van der Waals surface area contributed by atoms with Gasteiger partial charge in [0.1, 0.15) is 0 Å². The average molecular weight is 174 g/mol. The fourth-order valence-corrected chi connectivity index (χ4v) is 0.925. The number of nitrogens with zero attached hydrogens (tertiary/aromatic N) is 1. The van der Waals surface area contributed by atoms with E-state index in [4.69, 9.17) is 5.21 Å². The molecular weight excluding hydrogens is 162 g/mol. The van der Waals surface area contributed by atoms with Crippen LogP contribution in [0.4, 0.5) is 0 Å². The van der Waals surface area contributed by atoms with Gasteiger partial charge in [-0.2, -0.15) is 0 Å². The molecule has 0 spiro atoms. The van der Waals surface area contributed by atoms with Gasteiger partial charge < -0.3 is 12.4 Å². The minimum atomic E-state index is 0. The molecule has 0 bridgehead atoms. The van der Waals surface area contributed by atoms with E-state index in [1.165, 1.54) is 5.56 Å². The number of aromatic nitrogens is 1. The highest BCUT2D eigenvalue weighted by Gasteiger charge is 2.05. The molecule has 0 aliphatic rings. The molecule has 0 radical (unpaired) electrons. The molecule has 0 aliphatic carbocycles. The molecule has 0 atom stereocenters. The minimum Gasteiger partial charge on any atom is -1.00 e. The first-order valence-electron chi connectivity index (χ1n) is 3.44. The number of halogens is 1. The highest BCUT2D eigenvalue weighted by molar-refractivity contribution is 5.09. The third-order valence-electron chi connectivity index (χ3n) is 1.53. The molecule has 2 nitrogen and oxygen atoms in total. The van der Waals surface area contributed by atoms with E-state index in [1.807, 2.05) is 26.0 Å². The Morgan fingerprint density at radius 2 is 2.18 bits per heavy atom. The van der Waals surface area contributed by atoms with Crippen LogP contribution in [0.25, 0.3) is 0 Å². The van der Waals surface area contributed by atoms with E-state index in [-0.39, 0.29) is 12.4 Å². The van der Waals surface area contributed by atoms with E-state index < -0.39 is 0 Å². The molecule has 0 aliphatic heterocycles. The van der Waals surface area contributed by atoms with E-state index in [9.17, 15) is 0 Å². The van der Waals surface area contributed by atoms with Crippen LogP contribution in [0.3, 0.4) is 0 Å². The number of pyridine rings is 1. The van der Waals surface area contributed by atoms with Crippen LogP contribution in [0.15, 0.2) is 18.3 Å². The third kappa shape index (κ3) is 2.39. The zero-order valence-corrected chi connectivity index (χ0v) is 7.47. The van der Waals surface area contributed by atoms with Crippen molar-refractivity contribution in [2.75, 3.05) is 0 Å². The van der Waals surface area contributed by atoms with Gasteiger partial charge in [0, 0.05) is 23.3 Å². The Labute approximate surface area is 72.9 Å². The maximum atomic E-state index is 9.15. The Balaban J connectivity index is 0.000001000. The van der Waals surface area contributed by atoms with Crippen LogP contribution >= 0.6 is 0 Å². The van der Waals surface area contributed by atoms with E-state index in [0.717, 1.165) is 16.8 Å². The summed E-state index contributed by atoms with van der Waals surface area (Å²) >= 11 is 0. The fraction of sp³-hybridized carbons (Fsp3) is 0.375. The second-order valence-corrected chi connectivity index (χ2v) is 2.39. The van der Waals surface area contributed by atoms with E-state index >= 15 is 0 Å². The van der Waals surface area contributed by atoms with Crippen molar-refractivity contribution in [2.45, 2.75) is 20.3 Å². The van der Waals surface area contributed by atoms with Crippen LogP contribution in [-0.4, -0.2) is 5.21 Å². The monoisotopic (exact) mass is 173 g/mol. The van der Waals surface area contributed by atoms with Crippen molar-refractivity contribution in [3.63, 3.8) is 0 Å². The molecule has 0 aromatic carbocycles. The van der Waals surface area contributed by atoms with Crippen molar-refractivity contribution < 1.29 is 22.3 Å². The van der Waals surface area contributed by atoms with E-state index in [1.54, 1.807) is 6.20 Å². The fourth-order valence-electron chi connectivity index (χ4n) is 0.925. The van der Waals surface area contributed by atoms with Gasteiger partial charge in [0.15, 0.2) is 0 Å². The van der Waals surface area contributed by atoms with Crippen molar-refractivity contribution in [2.24, 2.45) is 0 Å². The minimum absolute atomic E-state index is 0. The first kappa shape index (κ1) is 10.2. The van der Waals surface area contributed by atoms with Gasteiger partial charge in [-0.25, -0.2) is 0 Å². The molecule has 1 N–H and O–H groups in total. The van der Waals surface area contributed by atoms with Crippen LogP contribution < -0.4 is 17.1 Å². The largest absolute Gasteiger partial charge is 1.00 e. The van der Waals surface area contributed by atoms with Crippen molar-refractivity contribution >= 4 is 0 Å². The lowest BCUT2D eigenvalue weighted by Crippen LogP contribution is -3.00. The van der Waals surface area contributed by atoms with Crippen LogP contribution in [0.2, 0.25) is 0 Å². The van der Waals surface area contributed by atoms with Crippen LogP contribution in [-0.2, 0) is 6.42 Å². The molecule has 11 heavy (non-hydrogen) atoms. The Hall–Kier alpha value is -0.760. The summed E-state index contributed by atoms with van der Waals surface area (Å²) in [6.07, 6.45) is 2.52. The van der Waals surface area contributed by atoms with E-state index in [0.29, 0.717) is 0 Å². The summed E-state index contributed by atoms with van der Waals surface area (Å²) in [6, 6.07) is 3.85. The standard InChI is InChI=1S/C8H12NO.ClH/c1-3-8-6-7(2)4-5-9(8)10;/h4-6,10H,3H2,1-2H3;1H/q+1;/p-1. The summed E-state index contributed by atoms with van der Waals surface area (Å²) in [5, 5.41) is 9.15. The van der Waals surface area contributed by atoms with Crippen molar-refractivity contribution in [1.29, 1.82) is 0 Å². The predicted molar refractivity (Wildman–Crippen MR) is 37.9 cm³/mol. The quantitative estimate of drug-likeness (QED) is 0.389. The molecule has 3 heteroatoms. The van der Waals surface area contributed by atoms with Crippen LogP contribution in [0.1, 0.15) is 18.2 Å². The lowest BCUT2D eigenvalue weighted by molar-refractivity contribution is -0.909. The first-order valence-corrected chi connectivity index (χ1v) is 3.44. The molecule has 1 heterocycles. The highest BCUT2D eigenvalue weighted by atomic mass is 35.5. The van der Waals surface area contributed by atoms with Gasteiger partial charge >= 0.3 is 0 Å². The Morgan fingerprint density at radius 3 is 2.64 bits per heavy atom. The zero-order valence-electron chi connectivity index (χ0n) is 6.71. The maximum absolute atomic E-state index is 9.15. The molecule has 1 rings (SSSR count). The molecule has 1 aromatic rings. The molecule has 0 saturated heterocycles. The lowest BCUT2D eigenvalue weighted by atomic mass is 10.2. The van der Waals surface area contributed by atoms with Gasteiger partial charge in [-0.05, 0) is 12.5 Å². The smallest absolute Gasteiger partial charge is 0.234 e. The van der Waals surface area contributed by atoms with Gasteiger partial charge in [-0.1, -0.05) is 6.92 Å². The molecule has 1 aromatic heterocycles. The predicted octanol–water partition coefficient (Wildman–Crippen LogP) is -1.91. The van der Waals surface area contributed by atoms with Crippen molar-refractivity contribution in [1.82, 2.24) is 0 Å². The zero-order chi connectivity index (χ0) is 7.56. The molecule has 0 unspecified atom stereocenters. The maximum Gasteiger partial charge on any atom is 0.234 e.